The molecule has 4 rings (SSSR count). The number of carbonyl (C=O) groups excluding carboxylic acids is 1. The summed E-state index contributed by atoms with van der Waals surface area (Å²) in [7, 11) is 0. The van der Waals surface area contributed by atoms with Crippen molar-refractivity contribution in [3.63, 3.8) is 0 Å². The van der Waals surface area contributed by atoms with E-state index in [-0.39, 0.29) is 59.8 Å². The molecule has 170 valence electrons. The quantitative estimate of drug-likeness (QED) is 0.702. The number of hydrogen-bond donors (Lipinski definition) is 2. The van der Waals surface area contributed by atoms with Crippen LogP contribution >= 0.6 is 24.8 Å². The summed E-state index contributed by atoms with van der Waals surface area (Å²) in [6.45, 7) is 4.67. The van der Waals surface area contributed by atoms with Gasteiger partial charge >= 0.3 is 0 Å². The molecule has 0 unspecified atom stereocenters. The van der Waals surface area contributed by atoms with Gasteiger partial charge in [-0.1, -0.05) is 0 Å². The fourth-order valence-corrected chi connectivity index (χ4v) is 4.31. The Hall–Kier alpha value is -1.93. The maximum atomic E-state index is 13.1. The number of piperidine rings is 1. The highest BCUT2D eigenvalue weighted by molar-refractivity contribution is 5.95. The van der Waals surface area contributed by atoms with Gasteiger partial charge in [-0.15, -0.1) is 24.8 Å². The summed E-state index contributed by atoms with van der Waals surface area (Å²) in [6.07, 6.45) is 7.98. The van der Waals surface area contributed by atoms with Crippen LogP contribution in [0.15, 0.2) is 41.6 Å². The lowest BCUT2D eigenvalue weighted by molar-refractivity contribution is 0.0922. The third-order valence-electron chi connectivity index (χ3n) is 6.02. The van der Waals surface area contributed by atoms with Gasteiger partial charge in [0.15, 0.2) is 0 Å². The van der Waals surface area contributed by atoms with Crippen LogP contribution in [-0.4, -0.2) is 47.8 Å². The standard InChI is InChI=1S/C22H28N4O3.2ClH/c1-15-6-11-26(18-4-9-24-10-5-18)22(28)20(15)21(27)25-19-14-29-13-17(19)12-16-2-7-23-8-3-16;;/h2-3,6-8,11,17-19,24H,4-5,9-10,12-14H2,1H3,(H,25,27);2*1H/t17-,19+;;/m1../s1. The Labute approximate surface area is 194 Å². The van der Waals surface area contributed by atoms with Gasteiger partial charge in [0.2, 0.25) is 0 Å². The predicted molar refractivity (Wildman–Crippen MR) is 125 cm³/mol. The van der Waals surface area contributed by atoms with Gasteiger partial charge < -0.3 is 19.9 Å². The van der Waals surface area contributed by atoms with Gasteiger partial charge in [0.1, 0.15) is 5.56 Å². The van der Waals surface area contributed by atoms with E-state index in [1.54, 1.807) is 17.0 Å². The van der Waals surface area contributed by atoms with E-state index in [1.807, 2.05) is 31.3 Å². The first kappa shape index (κ1) is 25.3. The van der Waals surface area contributed by atoms with Gasteiger partial charge in [0.05, 0.1) is 19.3 Å². The fourth-order valence-electron chi connectivity index (χ4n) is 4.31. The molecule has 31 heavy (non-hydrogen) atoms. The Morgan fingerprint density at radius 1 is 1.19 bits per heavy atom. The highest BCUT2D eigenvalue weighted by Crippen LogP contribution is 2.20. The lowest BCUT2D eigenvalue weighted by atomic mass is 9.95. The SMILES string of the molecule is Cc1ccn(C2CCNCC2)c(=O)c1C(=O)N[C@H]1COC[C@H]1Cc1ccncc1.Cl.Cl. The number of aryl methyl sites for hydroxylation is 1. The molecule has 2 aromatic heterocycles. The second-order valence-corrected chi connectivity index (χ2v) is 8.00. The molecular weight excluding hydrogens is 439 g/mol. The van der Waals surface area contributed by atoms with E-state index >= 15 is 0 Å². The zero-order valence-corrected chi connectivity index (χ0v) is 19.2. The number of pyridine rings is 2. The molecule has 7 nitrogen and oxygen atoms in total. The number of amides is 1. The predicted octanol–water partition coefficient (Wildman–Crippen LogP) is 2.31. The molecule has 4 heterocycles. The first-order chi connectivity index (χ1) is 14.1. The summed E-state index contributed by atoms with van der Waals surface area (Å²) >= 11 is 0. The molecule has 9 heteroatoms. The number of nitrogens with zero attached hydrogens (tertiary/aromatic N) is 2. The van der Waals surface area contributed by atoms with E-state index in [0.717, 1.165) is 32.4 Å². The summed E-state index contributed by atoms with van der Waals surface area (Å²) in [5.41, 5.74) is 1.93. The summed E-state index contributed by atoms with van der Waals surface area (Å²) < 4.78 is 7.38. The van der Waals surface area contributed by atoms with E-state index in [9.17, 15) is 9.59 Å². The lowest BCUT2D eigenvalue weighted by Crippen LogP contribution is -2.44. The van der Waals surface area contributed by atoms with E-state index in [1.165, 1.54) is 5.56 Å². The van der Waals surface area contributed by atoms with Crippen LogP contribution in [0.2, 0.25) is 0 Å². The minimum absolute atomic E-state index is 0. The second kappa shape index (κ2) is 11.6. The Bertz CT molecular complexity index is 917. The minimum Gasteiger partial charge on any atom is -0.379 e. The largest absolute Gasteiger partial charge is 0.379 e. The zero-order chi connectivity index (χ0) is 20.2. The van der Waals surface area contributed by atoms with Crippen molar-refractivity contribution in [1.29, 1.82) is 0 Å². The third kappa shape index (κ3) is 5.86. The maximum absolute atomic E-state index is 13.1. The number of hydrogen-bond acceptors (Lipinski definition) is 5. The van der Waals surface area contributed by atoms with Gasteiger partial charge in [-0.25, -0.2) is 0 Å². The van der Waals surface area contributed by atoms with Crippen LogP contribution in [0.4, 0.5) is 0 Å². The average molecular weight is 469 g/mol. The number of rotatable bonds is 5. The van der Waals surface area contributed by atoms with E-state index in [4.69, 9.17) is 4.74 Å². The molecule has 0 aromatic carbocycles. The van der Waals surface area contributed by atoms with Crippen LogP contribution in [-0.2, 0) is 11.2 Å². The van der Waals surface area contributed by atoms with Gasteiger partial charge in [0, 0.05) is 30.6 Å². The van der Waals surface area contributed by atoms with Gasteiger partial charge in [-0.2, -0.15) is 0 Å². The lowest BCUT2D eigenvalue weighted by Gasteiger charge is -2.26. The minimum atomic E-state index is -0.300. The van der Waals surface area contributed by atoms with E-state index in [2.05, 4.69) is 15.6 Å². The van der Waals surface area contributed by atoms with E-state index < -0.39 is 0 Å². The van der Waals surface area contributed by atoms with Crippen LogP contribution in [0.1, 0.15) is 40.4 Å². The zero-order valence-electron chi connectivity index (χ0n) is 17.6. The number of halogens is 2. The Balaban J connectivity index is 0.00000171. The van der Waals surface area contributed by atoms with Crippen LogP contribution in [0.3, 0.4) is 0 Å². The molecule has 2 N–H and O–H groups in total. The summed E-state index contributed by atoms with van der Waals surface area (Å²) in [4.78, 5) is 30.2. The monoisotopic (exact) mass is 468 g/mol. The number of ether oxygens (including phenoxy) is 1. The maximum Gasteiger partial charge on any atom is 0.263 e. The van der Waals surface area contributed by atoms with Crippen LogP contribution < -0.4 is 16.2 Å². The molecule has 0 radical (unpaired) electrons. The van der Waals surface area contributed by atoms with Gasteiger partial charge in [-0.05, 0) is 68.6 Å². The first-order valence-corrected chi connectivity index (χ1v) is 10.3. The fraction of sp³-hybridized carbons (Fsp3) is 0.500. The van der Waals surface area contributed by atoms with Crippen LogP contribution in [0.25, 0.3) is 0 Å². The molecule has 0 spiro atoms. The summed E-state index contributed by atoms with van der Waals surface area (Å²) in [6, 6.07) is 5.87. The molecule has 1 amide bonds. The van der Waals surface area contributed by atoms with Gasteiger partial charge in [0.25, 0.3) is 11.5 Å². The van der Waals surface area contributed by atoms with Crippen molar-refractivity contribution in [2.75, 3.05) is 26.3 Å². The van der Waals surface area contributed by atoms with Crippen LogP contribution in [0, 0.1) is 12.8 Å². The second-order valence-electron chi connectivity index (χ2n) is 8.00. The Kier molecular flexibility index (Phi) is 9.50. The summed E-state index contributed by atoms with van der Waals surface area (Å²) in [5, 5.41) is 6.39. The van der Waals surface area contributed by atoms with Crippen molar-refractivity contribution in [2.24, 2.45) is 5.92 Å². The van der Waals surface area contributed by atoms with Crippen molar-refractivity contribution >= 4 is 30.7 Å². The van der Waals surface area contributed by atoms with Crippen molar-refractivity contribution in [3.8, 4) is 0 Å². The molecule has 2 aliphatic heterocycles. The third-order valence-corrected chi connectivity index (χ3v) is 6.02. The molecule has 0 aliphatic carbocycles. The number of carbonyl (C=O) groups is 1. The topological polar surface area (TPSA) is 85.2 Å². The Morgan fingerprint density at radius 2 is 1.90 bits per heavy atom. The summed E-state index contributed by atoms with van der Waals surface area (Å²) in [5.74, 6) is -0.122. The van der Waals surface area contributed by atoms with E-state index in [0.29, 0.717) is 18.8 Å². The molecule has 2 aliphatic rings. The first-order valence-electron chi connectivity index (χ1n) is 10.3. The molecule has 2 saturated heterocycles. The van der Waals surface area contributed by atoms with Crippen molar-refractivity contribution in [1.82, 2.24) is 20.2 Å². The molecule has 2 aromatic rings. The molecule has 2 fully saturated rings. The molecule has 0 bridgehead atoms. The van der Waals surface area contributed by atoms with Crippen molar-refractivity contribution in [3.05, 3.63) is 63.8 Å². The molecular formula is C22H30Cl2N4O3. The van der Waals surface area contributed by atoms with Crippen LogP contribution in [0.5, 0.6) is 0 Å². The smallest absolute Gasteiger partial charge is 0.263 e. The molecule has 0 saturated carbocycles. The van der Waals surface area contributed by atoms with Crippen molar-refractivity contribution < 1.29 is 9.53 Å². The van der Waals surface area contributed by atoms with Gasteiger partial charge in [-0.3, -0.25) is 14.6 Å². The van der Waals surface area contributed by atoms with Crippen molar-refractivity contribution in [2.45, 2.75) is 38.3 Å². The average Bonchev–Trinajstić information content (AvgIpc) is 3.16. The Morgan fingerprint density at radius 3 is 2.61 bits per heavy atom. The normalized spacial score (nSPS) is 21.1. The number of aromatic nitrogens is 2. The highest BCUT2D eigenvalue weighted by Gasteiger charge is 2.31. The molecule has 2 atom stereocenters. The highest BCUT2D eigenvalue weighted by atomic mass is 35.5. The number of nitrogens with one attached hydrogen (secondary N) is 2.